The molecule has 3 heteroatoms. The third-order valence-corrected chi connectivity index (χ3v) is 3.86. The van der Waals surface area contributed by atoms with Gasteiger partial charge in [0.05, 0.1) is 0 Å². The van der Waals surface area contributed by atoms with Gasteiger partial charge < -0.3 is 5.11 Å². The number of phenols is 1. The summed E-state index contributed by atoms with van der Waals surface area (Å²) in [6.45, 7) is 0. The average molecular weight is 222 g/mol. The van der Waals surface area contributed by atoms with E-state index >= 15 is 0 Å². The Bertz CT molecular complexity index is 345. The number of rotatable bonds is 2. The third-order valence-electron chi connectivity index (χ3n) is 2.58. The van der Waals surface area contributed by atoms with Crippen LogP contribution >= 0.6 is 11.8 Å². The second-order valence-corrected chi connectivity index (χ2v) is 5.24. The van der Waals surface area contributed by atoms with Gasteiger partial charge in [-0.2, -0.15) is 0 Å². The lowest BCUT2D eigenvalue weighted by Gasteiger charge is -2.20. The molecular formula is C12H14O2S. The van der Waals surface area contributed by atoms with Crippen LogP contribution in [0.2, 0.25) is 0 Å². The number of hydrogen-bond acceptors (Lipinski definition) is 3. The molecule has 0 spiro atoms. The first kappa shape index (κ1) is 10.6. The molecule has 0 aliphatic heterocycles. The Morgan fingerprint density at radius 3 is 2.67 bits per heavy atom. The van der Waals surface area contributed by atoms with E-state index in [1.807, 2.05) is 12.1 Å². The maximum absolute atomic E-state index is 11.3. The smallest absolute Gasteiger partial charge is 0.134 e. The number of carbonyl (C=O) groups is 1. The van der Waals surface area contributed by atoms with Crippen LogP contribution in [0, 0.1) is 0 Å². The van der Waals surface area contributed by atoms with Gasteiger partial charge in [0, 0.05) is 23.0 Å². The first-order valence-electron chi connectivity index (χ1n) is 5.21. The van der Waals surface area contributed by atoms with Crippen LogP contribution in [0.25, 0.3) is 0 Å². The van der Waals surface area contributed by atoms with Crippen LogP contribution < -0.4 is 0 Å². The van der Waals surface area contributed by atoms with Crippen molar-refractivity contribution < 1.29 is 9.90 Å². The summed E-state index contributed by atoms with van der Waals surface area (Å²) in [5.41, 5.74) is 0. The maximum Gasteiger partial charge on any atom is 0.134 e. The molecule has 0 radical (unpaired) electrons. The fourth-order valence-electron chi connectivity index (χ4n) is 1.80. The molecule has 0 aromatic heterocycles. The molecule has 1 aromatic carbocycles. The van der Waals surface area contributed by atoms with Crippen LogP contribution in [0.5, 0.6) is 5.75 Å². The SMILES string of the molecule is O=C1CCCC(Sc2ccc(O)cc2)C1. The molecule has 1 unspecified atom stereocenters. The summed E-state index contributed by atoms with van der Waals surface area (Å²) in [6.07, 6.45) is 3.60. The minimum absolute atomic E-state index is 0.291. The number of aromatic hydroxyl groups is 1. The quantitative estimate of drug-likeness (QED) is 0.835. The zero-order chi connectivity index (χ0) is 10.7. The Balaban J connectivity index is 1.96. The molecule has 1 aliphatic rings. The van der Waals surface area contributed by atoms with Gasteiger partial charge in [-0.15, -0.1) is 11.8 Å². The molecule has 1 aromatic rings. The highest BCUT2D eigenvalue weighted by Crippen LogP contribution is 2.32. The second kappa shape index (κ2) is 4.71. The minimum atomic E-state index is 0.291. The molecule has 0 bridgehead atoms. The molecule has 1 aliphatic carbocycles. The van der Waals surface area contributed by atoms with Crippen molar-refractivity contribution in [1.29, 1.82) is 0 Å². The maximum atomic E-state index is 11.3. The van der Waals surface area contributed by atoms with Crippen molar-refractivity contribution in [3.63, 3.8) is 0 Å². The van der Waals surface area contributed by atoms with Gasteiger partial charge in [-0.1, -0.05) is 0 Å². The van der Waals surface area contributed by atoms with Crippen molar-refractivity contribution >= 4 is 17.5 Å². The van der Waals surface area contributed by atoms with Gasteiger partial charge in [0.2, 0.25) is 0 Å². The van der Waals surface area contributed by atoms with E-state index in [1.54, 1.807) is 23.9 Å². The van der Waals surface area contributed by atoms with Gasteiger partial charge in [0.25, 0.3) is 0 Å². The lowest BCUT2D eigenvalue weighted by molar-refractivity contribution is -0.120. The number of thioether (sulfide) groups is 1. The summed E-state index contributed by atoms with van der Waals surface area (Å²) in [4.78, 5) is 12.4. The predicted molar refractivity (Wildman–Crippen MR) is 61.2 cm³/mol. The topological polar surface area (TPSA) is 37.3 Å². The van der Waals surface area contributed by atoms with E-state index in [0.29, 0.717) is 23.2 Å². The van der Waals surface area contributed by atoms with Crippen molar-refractivity contribution in [2.75, 3.05) is 0 Å². The molecule has 80 valence electrons. The average Bonchev–Trinajstić information content (AvgIpc) is 2.22. The predicted octanol–water partition coefficient (Wildman–Crippen LogP) is 3.00. The molecule has 1 N–H and O–H groups in total. The summed E-state index contributed by atoms with van der Waals surface area (Å²) in [5.74, 6) is 0.677. The minimum Gasteiger partial charge on any atom is -0.508 e. The number of benzene rings is 1. The Morgan fingerprint density at radius 1 is 1.27 bits per heavy atom. The van der Waals surface area contributed by atoms with E-state index in [9.17, 15) is 4.79 Å². The first-order valence-corrected chi connectivity index (χ1v) is 6.09. The number of carbonyl (C=O) groups excluding carboxylic acids is 1. The standard InChI is InChI=1S/C12H14O2S/c13-9-4-6-11(7-5-9)15-12-3-1-2-10(14)8-12/h4-7,12-13H,1-3,8H2. The van der Waals surface area contributed by atoms with Gasteiger partial charge in [0.1, 0.15) is 11.5 Å². The first-order chi connectivity index (χ1) is 7.24. The number of hydrogen-bond donors (Lipinski definition) is 1. The van der Waals surface area contributed by atoms with E-state index in [-0.39, 0.29) is 0 Å². The van der Waals surface area contributed by atoms with Crippen LogP contribution in [0.4, 0.5) is 0 Å². The lowest BCUT2D eigenvalue weighted by Crippen LogP contribution is -2.16. The molecule has 0 amide bonds. The van der Waals surface area contributed by atoms with Gasteiger partial charge in [0.15, 0.2) is 0 Å². The summed E-state index contributed by atoms with van der Waals surface area (Å²) in [5, 5.41) is 9.57. The van der Waals surface area contributed by atoms with Crippen LogP contribution in [0.1, 0.15) is 25.7 Å². The van der Waals surface area contributed by atoms with E-state index in [4.69, 9.17) is 5.11 Å². The number of phenolic OH excluding ortho intramolecular Hbond substituents is 1. The van der Waals surface area contributed by atoms with Crippen molar-refractivity contribution in [3.8, 4) is 5.75 Å². The van der Waals surface area contributed by atoms with Crippen LogP contribution in [-0.2, 0) is 4.79 Å². The molecule has 1 saturated carbocycles. The molecule has 15 heavy (non-hydrogen) atoms. The summed E-state index contributed by atoms with van der Waals surface area (Å²) >= 11 is 1.75. The van der Waals surface area contributed by atoms with Gasteiger partial charge in [-0.3, -0.25) is 4.79 Å². The Kier molecular flexibility index (Phi) is 3.31. The number of ketones is 1. The highest BCUT2D eigenvalue weighted by Gasteiger charge is 2.20. The fourth-order valence-corrected chi connectivity index (χ4v) is 3.03. The molecule has 0 heterocycles. The normalized spacial score (nSPS) is 21.6. The van der Waals surface area contributed by atoms with Crippen molar-refractivity contribution in [3.05, 3.63) is 24.3 Å². The highest BCUT2D eigenvalue weighted by molar-refractivity contribution is 8.00. The van der Waals surface area contributed by atoms with E-state index in [2.05, 4.69) is 0 Å². The lowest BCUT2D eigenvalue weighted by atomic mass is 9.99. The monoisotopic (exact) mass is 222 g/mol. The Hall–Kier alpha value is -0.960. The van der Waals surface area contributed by atoms with E-state index < -0.39 is 0 Å². The van der Waals surface area contributed by atoms with Crippen molar-refractivity contribution in [2.24, 2.45) is 0 Å². The third kappa shape index (κ3) is 2.99. The number of Topliss-reactive ketones (excluding diaryl/α,β-unsaturated/α-hetero) is 1. The summed E-state index contributed by atoms with van der Waals surface area (Å²) in [6, 6.07) is 7.18. The van der Waals surface area contributed by atoms with Crippen LogP contribution in [-0.4, -0.2) is 16.1 Å². The molecular weight excluding hydrogens is 208 g/mol. The highest BCUT2D eigenvalue weighted by atomic mass is 32.2. The van der Waals surface area contributed by atoms with Crippen LogP contribution in [0.3, 0.4) is 0 Å². The van der Waals surface area contributed by atoms with Crippen molar-refractivity contribution in [1.82, 2.24) is 0 Å². The Morgan fingerprint density at radius 2 is 2.00 bits per heavy atom. The molecule has 1 fully saturated rings. The largest absolute Gasteiger partial charge is 0.508 e. The van der Waals surface area contributed by atoms with Gasteiger partial charge in [-0.25, -0.2) is 0 Å². The molecule has 2 rings (SSSR count). The van der Waals surface area contributed by atoms with Gasteiger partial charge >= 0.3 is 0 Å². The molecule has 1 atom stereocenters. The molecule has 0 saturated heterocycles. The van der Waals surface area contributed by atoms with Gasteiger partial charge in [-0.05, 0) is 37.1 Å². The van der Waals surface area contributed by atoms with E-state index in [0.717, 1.165) is 24.2 Å². The van der Waals surface area contributed by atoms with Crippen molar-refractivity contribution in [2.45, 2.75) is 35.8 Å². The second-order valence-electron chi connectivity index (χ2n) is 3.87. The molecule has 2 nitrogen and oxygen atoms in total. The Labute approximate surface area is 93.7 Å². The zero-order valence-electron chi connectivity index (χ0n) is 8.48. The summed E-state index contributed by atoms with van der Waals surface area (Å²) < 4.78 is 0. The summed E-state index contributed by atoms with van der Waals surface area (Å²) in [7, 11) is 0. The zero-order valence-corrected chi connectivity index (χ0v) is 9.30. The fraction of sp³-hybridized carbons (Fsp3) is 0.417. The van der Waals surface area contributed by atoms with E-state index in [1.165, 1.54) is 0 Å². The van der Waals surface area contributed by atoms with Crippen LogP contribution in [0.15, 0.2) is 29.2 Å².